The molecule has 0 amide bonds. The van der Waals surface area contributed by atoms with Crippen molar-refractivity contribution in [2.45, 2.75) is 6.04 Å². The van der Waals surface area contributed by atoms with Gasteiger partial charge in [-0.3, -0.25) is 0 Å². The molecule has 2 aromatic rings. The Morgan fingerprint density at radius 3 is 2.35 bits per heavy atom. The van der Waals surface area contributed by atoms with E-state index in [0.29, 0.717) is 27.1 Å². The molecule has 0 spiro atoms. The van der Waals surface area contributed by atoms with Crippen molar-refractivity contribution in [3.63, 3.8) is 0 Å². The van der Waals surface area contributed by atoms with Crippen LogP contribution in [0.4, 0.5) is 4.39 Å². The number of benzene rings is 2. The van der Waals surface area contributed by atoms with Crippen LogP contribution in [-0.2, 0) is 0 Å². The molecule has 106 valence electrons. The molecular formula is C15H15BrFNO2. The Labute approximate surface area is 125 Å². The van der Waals surface area contributed by atoms with Gasteiger partial charge in [0, 0.05) is 11.1 Å². The summed E-state index contributed by atoms with van der Waals surface area (Å²) in [5.41, 5.74) is 7.25. The second-order valence-electron chi connectivity index (χ2n) is 4.20. The second kappa shape index (κ2) is 6.24. The molecule has 1 atom stereocenters. The Bertz CT molecular complexity index is 619. The van der Waals surface area contributed by atoms with Crippen molar-refractivity contribution in [2.24, 2.45) is 5.73 Å². The SMILES string of the molecule is COc1cccc(C(N)c2cccc(Br)c2F)c1OC. The van der Waals surface area contributed by atoms with E-state index in [0.717, 1.165) is 0 Å². The number of nitrogens with two attached hydrogens (primary N) is 1. The highest BCUT2D eigenvalue weighted by Gasteiger charge is 2.20. The third-order valence-electron chi connectivity index (χ3n) is 3.08. The molecule has 20 heavy (non-hydrogen) atoms. The quantitative estimate of drug-likeness (QED) is 0.924. The molecule has 0 aliphatic heterocycles. The van der Waals surface area contributed by atoms with Gasteiger partial charge in [0.2, 0.25) is 0 Å². The third kappa shape index (κ3) is 2.64. The van der Waals surface area contributed by atoms with Gasteiger partial charge in [-0.15, -0.1) is 0 Å². The van der Waals surface area contributed by atoms with Gasteiger partial charge < -0.3 is 15.2 Å². The monoisotopic (exact) mass is 339 g/mol. The summed E-state index contributed by atoms with van der Waals surface area (Å²) in [6, 6.07) is 9.76. The number of ether oxygens (including phenoxy) is 2. The van der Waals surface area contributed by atoms with Gasteiger partial charge in [-0.2, -0.15) is 0 Å². The molecule has 0 radical (unpaired) electrons. The molecule has 5 heteroatoms. The summed E-state index contributed by atoms with van der Waals surface area (Å²) in [6.07, 6.45) is 0. The fourth-order valence-electron chi connectivity index (χ4n) is 2.09. The van der Waals surface area contributed by atoms with Gasteiger partial charge >= 0.3 is 0 Å². The van der Waals surface area contributed by atoms with Crippen LogP contribution in [0, 0.1) is 5.82 Å². The molecule has 0 heterocycles. The highest BCUT2D eigenvalue weighted by molar-refractivity contribution is 9.10. The van der Waals surface area contributed by atoms with E-state index in [9.17, 15) is 4.39 Å². The lowest BCUT2D eigenvalue weighted by Crippen LogP contribution is -2.15. The minimum atomic E-state index is -0.641. The normalized spacial score (nSPS) is 12.1. The number of rotatable bonds is 4. The minimum absolute atomic E-state index is 0.370. The molecule has 2 rings (SSSR count). The van der Waals surface area contributed by atoms with Crippen molar-refractivity contribution in [3.05, 3.63) is 57.8 Å². The van der Waals surface area contributed by atoms with Crippen LogP contribution in [0.25, 0.3) is 0 Å². The zero-order valence-electron chi connectivity index (χ0n) is 11.2. The van der Waals surface area contributed by atoms with Crippen LogP contribution in [0.1, 0.15) is 17.2 Å². The Morgan fingerprint density at radius 1 is 1.05 bits per heavy atom. The first-order valence-corrected chi connectivity index (χ1v) is 6.79. The maximum atomic E-state index is 14.2. The molecule has 0 saturated carbocycles. The standard InChI is InChI=1S/C15H15BrFNO2/c1-19-12-8-4-6-10(15(12)20-2)14(18)9-5-3-7-11(16)13(9)17/h3-8,14H,18H2,1-2H3. The molecule has 0 aliphatic carbocycles. The van der Waals surface area contributed by atoms with Gasteiger partial charge in [0.05, 0.1) is 24.7 Å². The average molecular weight is 340 g/mol. The van der Waals surface area contributed by atoms with Crippen LogP contribution < -0.4 is 15.2 Å². The summed E-state index contributed by atoms with van der Waals surface area (Å²) >= 11 is 3.16. The first-order chi connectivity index (χ1) is 9.60. The molecule has 2 aromatic carbocycles. The van der Waals surface area contributed by atoms with Crippen LogP contribution in [0.2, 0.25) is 0 Å². The summed E-state index contributed by atoms with van der Waals surface area (Å²) in [6.45, 7) is 0. The first-order valence-electron chi connectivity index (χ1n) is 6.00. The van der Waals surface area contributed by atoms with Gasteiger partial charge in [-0.1, -0.05) is 24.3 Å². The zero-order chi connectivity index (χ0) is 14.7. The average Bonchev–Trinajstić information content (AvgIpc) is 2.48. The number of para-hydroxylation sites is 1. The van der Waals surface area contributed by atoms with Gasteiger partial charge in [-0.05, 0) is 28.1 Å². The van der Waals surface area contributed by atoms with Crippen LogP contribution in [0.15, 0.2) is 40.9 Å². The number of hydrogen-bond acceptors (Lipinski definition) is 3. The van der Waals surface area contributed by atoms with E-state index in [4.69, 9.17) is 15.2 Å². The van der Waals surface area contributed by atoms with Crippen molar-refractivity contribution < 1.29 is 13.9 Å². The lowest BCUT2D eigenvalue weighted by Gasteiger charge is -2.19. The largest absolute Gasteiger partial charge is 0.493 e. The van der Waals surface area contributed by atoms with Crippen molar-refractivity contribution >= 4 is 15.9 Å². The highest BCUT2D eigenvalue weighted by atomic mass is 79.9. The Kier molecular flexibility index (Phi) is 4.62. The molecule has 0 fully saturated rings. The number of hydrogen-bond donors (Lipinski definition) is 1. The van der Waals surface area contributed by atoms with E-state index in [-0.39, 0.29) is 5.82 Å². The van der Waals surface area contributed by atoms with Crippen molar-refractivity contribution in [1.82, 2.24) is 0 Å². The topological polar surface area (TPSA) is 44.5 Å². The zero-order valence-corrected chi connectivity index (χ0v) is 12.8. The van der Waals surface area contributed by atoms with Gasteiger partial charge in [-0.25, -0.2) is 4.39 Å². The summed E-state index contributed by atoms with van der Waals surface area (Å²) < 4.78 is 25.1. The van der Waals surface area contributed by atoms with Gasteiger partial charge in [0.25, 0.3) is 0 Å². The van der Waals surface area contributed by atoms with Crippen LogP contribution in [0.5, 0.6) is 11.5 Å². The van der Waals surface area contributed by atoms with E-state index < -0.39 is 6.04 Å². The molecule has 3 nitrogen and oxygen atoms in total. The highest BCUT2D eigenvalue weighted by Crippen LogP contribution is 2.37. The number of methoxy groups -OCH3 is 2. The molecule has 0 bridgehead atoms. The van der Waals surface area contributed by atoms with Crippen LogP contribution >= 0.6 is 15.9 Å². The van der Waals surface area contributed by atoms with Crippen LogP contribution in [0.3, 0.4) is 0 Å². The Morgan fingerprint density at radius 2 is 1.70 bits per heavy atom. The third-order valence-corrected chi connectivity index (χ3v) is 3.70. The Hall–Kier alpha value is -1.59. The lowest BCUT2D eigenvalue weighted by atomic mass is 9.98. The van der Waals surface area contributed by atoms with Crippen LogP contribution in [-0.4, -0.2) is 14.2 Å². The van der Waals surface area contributed by atoms with E-state index in [1.165, 1.54) is 7.11 Å². The summed E-state index contributed by atoms with van der Waals surface area (Å²) in [7, 11) is 3.08. The summed E-state index contributed by atoms with van der Waals surface area (Å²) in [4.78, 5) is 0. The van der Waals surface area contributed by atoms with E-state index in [2.05, 4.69) is 15.9 Å². The van der Waals surface area contributed by atoms with E-state index >= 15 is 0 Å². The smallest absolute Gasteiger partial charge is 0.165 e. The van der Waals surface area contributed by atoms with Crippen molar-refractivity contribution in [2.75, 3.05) is 14.2 Å². The molecule has 0 aromatic heterocycles. The predicted octanol–water partition coefficient (Wildman–Crippen LogP) is 3.65. The second-order valence-corrected chi connectivity index (χ2v) is 5.06. The van der Waals surface area contributed by atoms with E-state index in [1.54, 1.807) is 43.5 Å². The van der Waals surface area contributed by atoms with Crippen molar-refractivity contribution in [1.29, 1.82) is 0 Å². The molecule has 1 unspecified atom stereocenters. The molecule has 2 N–H and O–H groups in total. The Balaban J connectivity index is 2.53. The van der Waals surface area contributed by atoms with E-state index in [1.807, 2.05) is 0 Å². The van der Waals surface area contributed by atoms with Gasteiger partial charge in [0.15, 0.2) is 11.5 Å². The molecule has 0 saturated heterocycles. The first kappa shape index (κ1) is 14.8. The van der Waals surface area contributed by atoms with Crippen molar-refractivity contribution in [3.8, 4) is 11.5 Å². The molecular weight excluding hydrogens is 325 g/mol. The maximum absolute atomic E-state index is 14.2. The minimum Gasteiger partial charge on any atom is -0.493 e. The number of halogens is 2. The maximum Gasteiger partial charge on any atom is 0.165 e. The molecule has 0 aliphatic rings. The summed E-state index contributed by atoms with van der Waals surface area (Å²) in [5, 5.41) is 0. The lowest BCUT2D eigenvalue weighted by molar-refractivity contribution is 0.350. The summed E-state index contributed by atoms with van der Waals surface area (Å²) in [5.74, 6) is 0.711. The predicted molar refractivity (Wildman–Crippen MR) is 79.7 cm³/mol. The fourth-order valence-corrected chi connectivity index (χ4v) is 2.47. The fraction of sp³-hybridized carbons (Fsp3) is 0.200. The van der Waals surface area contributed by atoms with Gasteiger partial charge in [0.1, 0.15) is 5.82 Å².